The Kier molecular flexibility index (Phi) is 4.27. The Morgan fingerprint density at radius 1 is 1.22 bits per heavy atom. The zero-order valence-corrected chi connectivity index (χ0v) is 9.73. The van der Waals surface area contributed by atoms with E-state index in [0.717, 1.165) is 12.0 Å². The van der Waals surface area contributed by atoms with Crippen LogP contribution in [-0.2, 0) is 6.42 Å². The van der Waals surface area contributed by atoms with E-state index in [2.05, 4.69) is 9.97 Å². The molecule has 2 rings (SSSR count). The highest BCUT2D eigenvalue weighted by Gasteiger charge is 2.11. The summed E-state index contributed by atoms with van der Waals surface area (Å²) >= 11 is 0. The molecule has 2 N–H and O–H groups in total. The standard InChI is InChI=1S/C12H13BN2O3/c16-13(17)11-3-6-15-12(8-11)18-7-4-10-2-1-5-14-9-10/h1-3,5-6,8-9,16-17H,4,7H2. The number of ether oxygens (including phenoxy) is 1. The monoisotopic (exact) mass is 244 g/mol. The van der Waals surface area contributed by atoms with Gasteiger partial charge in [-0.3, -0.25) is 4.98 Å². The van der Waals surface area contributed by atoms with Crippen molar-refractivity contribution in [3.05, 3.63) is 48.4 Å². The minimum absolute atomic E-state index is 0.362. The van der Waals surface area contributed by atoms with Crippen LogP contribution >= 0.6 is 0 Å². The van der Waals surface area contributed by atoms with Gasteiger partial charge in [-0.1, -0.05) is 6.07 Å². The average molecular weight is 244 g/mol. The SMILES string of the molecule is OB(O)c1ccnc(OCCc2cccnc2)c1. The van der Waals surface area contributed by atoms with Crippen molar-refractivity contribution in [2.45, 2.75) is 6.42 Å². The Morgan fingerprint density at radius 3 is 2.83 bits per heavy atom. The van der Waals surface area contributed by atoms with E-state index in [1.807, 2.05) is 12.1 Å². The van der Waals surface area contributed by atoms with Gasteiger partial charge in [-0.05, 0) is 23.2 Å². The smallest absolute Gasteiger partial charge is 0.477 e. The summed E-state index contributed by atoms with van der Waals surface area (Å²) in [5, 5.41) is 18.0. The lowest BCUT2D eigenvalue weighted by Gasteiger charge is -2.06. The molecular formula is C12H13BN2O3. The quantitative estimate of drug-likeness (QED) is 0.711. The fourth-order valence-corrected chi connectivity index (χ4v) is 1.48. The summed E-state index contributed by atoms with van der Waals surface area (Å²) in [6.07, 6.45) is 5.71. The first kappa shape index (κ1) is 12.5. The molecule has 2 aromatic rings. The molecule has 2 heterocycles. The predicted octanol–water partition coefficient (Wildman–Crippen LogP) is -0.222. The number of pyridine rings is 2. The topological polar surface area (TPSA) is 75.5 Å². The maximum Gasteiger partial charge on any atom is 0.488 e. The van der Waals surface area contributed by atoms with E-state index >= 15 is 0 Å². The Morgan fingerprint density at radius 2 is 2.11 bits per heavy atom. The largest absolute Gasteiger partial charge is 0.488 e. The summed E-state index contributed by atoms with van der Waals surface area (Å²) in [5.74, 6) is 0.379. The van der Waals surface area contributed by atoms with Crippen LogP contribution in [0.3, 0.4) is 0 Å². The second kappa shape index (κ2) is 6.14. The van der Waals surface area contributed by atoms with E-state index in [1.54, 1.807) is 12.4 Å². The van der Waals surface area contributed by atoms with Gasteiger partial charge in [0, 0.05) is 31.1 Å². The zero-order valence-electron chi connectivity index (χ0n) is 9.73. The molecule has 92 valence electrons. The number of rotatable bonds is 5. The first-order valence-electron chi connectivity index (χ1n) is 5.59. The van der Waals surface area contributed by atoms with Gasteiger partial charge in [-0.15, -0.1) is 0 Å². The second-order valence-electron chi connectivity index (χ2n) is 3.76. The van der Waals surface area contributed by atoms with Crippen LogP contribution in [0.25, 0.3) is 0 Å². The molecule has 6 heteroatoms. The normalized spacial score (nSPS) is 10.1. The van der Waals surface area contributed by atoms with Crippen LogP contribution < -0.4 is 10.2 Å². The van der Waals surface area contributed by atoms with Crippen LogP contribution in [0.2, 0.25) is 0 Å². The molecule has 0 radical (unpaired) electrons. The highest BCUT2D eigenvalue weighted by molar-refractivity contribution is 6.58. The maximum atomic E-state index is 9.02. The van der Waals surface area contributed by atoms with Crippen molar-refractivity contribution >= 4 is 12.6 Å². The van der Waals surface area contributed by atoms with E-state index in [-0.39, 0.29) is 0 Å². The van der Waals surface area contributed by atoms with Crippen molar-refractivity contribution in [1.82, 2.24) is 9.97 Å². The van der Waals surface area contributed by atoms with Gasteiger partial charge in [-0.25, -0.2) is 4.98 Å². The summed E-state index contributed by atoms with van der Waals surface area (Å²) in [4.78, 5) is 8.00. The lowest BCUT2D eigenvalue weighted by atomic mass is 9.81. The van der Waals surface area contributed by atoms with Crippen LogP contribution in [0.15, 0.2) is 42.9 Å². The van der Waals surface area contributed by atoms with Gasteiger partial charge in [0.2, 0.25) is 5.88 Å². The molecule has 0 saturated carbocycles. The van der Waals surface area contributed by atoms with Gasteiger partial charge in [-0.2, -0.15) is 0 Å². The van der Waals surface area contributed by atoms with Gasteiger partial charge in [0.05, 0.1) is 6.61 Å². The van der Waals surface area contributed by atoms with Gasteiger partial charge >= 0.3 is 7.12 Å². The van der Waals surface area contributed by atoms with Gasteiger partial charge in [0.1, 0.15) is 0 Å². The van der Waals surface area contributed by atoms with E-state index in [0.29, 0.717) is 17.9 Å². The molecule has 0 amide bonds. The molecule has 5 nitrogen and oxygen atoms in total. The number of aromatic nitrogens is 2. The molecular weight excluding hydrogens is 231 g/mol. The third kappa shape index (κ3) is 3.54. The Labute approximate surface area is 105 Å². The van der Waals surface area contributed by atoms with E-state index in [4.69, 9.17) is 14.8 Å². The van der Waals surface area contributed by atoms with Crippen molar-refractivity contribution in [3.63, 3.8) is 0 Å². The minimum Gasteiger partial charge on any atom is -0.477 e. The van der Waals surface area contributed by atoms with Crippen molar-refractivity contribution < 1.29 is 14.8 Å². The first-order chi connectivity index (χ1) is 8.75. The highest BCUT2D eigenvalue weighted by atomic mass is 16.5. The number of hydrogen-bond acceptors (Lipinski definition) is 5. The fourth-order valence-electron chi connectivity index (χ4n) is 1.48. The minimum atomic E-state index is -1.51. The van der Waals surface area contributed by atoms with Gasteiger partial charge in [0.25, 0.3) is 0 Å². The molecule has 0 saturated heterocycles. The van der Waals surface area contributed by atoms with Crippen molar-refractivity contribution in [2.75, 3.05) is 6.61 Å². The van der Waals surface area contributed by atoms with Crippen LogP contribution in [0.4, 0.5) is 0 Å². The van der Waals surface area contributed by atoms with E-state index < -0.39 is 7.12 Å². The Bertz CT molecular complexity index is 494. The van der Waals surface area contributed by atoms with Crippen LogP contribution in [0.1, 0.15) is 5.56 Å². The molecule has 0 aliphatic heterocycles. The molecule has 0 aliphatic rings. The number of hydrogen-bond donors (Lipinski definition) is 2. The van der Waals surface area contributed by atoms with Gasteiger partial charge < -0.3 is 14.8 Å². The molecule has 0 aliphatic carbocycles. The maximum absolute atomic E-state index is 9.02. The summed E-state index contributed by atoms with van der Waals surface area (Å²) in [5.41, 5.74) is 1.44. The molecule has 18 heavy (non-hydrogen) atoms. The molecule has 0 bridgehead atoms. The summed E-state index contributed by atoms with van der Waals surface area (Å²) in [7, 11) is -1.51. The van der Waals surface area contributed by atoms with Crippen molar-refractivity contribution in [1.29, 1.82) is 0 Å². The molecule has 2 aromatic heterocycles. The van der Waals surface area contributed by atoms with Crippen LogP contribution in [0.5, 0.6) is 5.88 Å². The third-order valence-corrected chi connectivity index (χ3v) is 2.42. The Balaban J connectivity index is 1.89. The Hall–Kier alpha value is -1.92. The average Bonchev–Trinajstić information content (AvgIpc) is 2.40. The molecule has 0 atom stereocenters. The first-order valence-corrected chi connectivity index (χ1v) is 5.59. The lowest BCUT2D eigenvalue weighted by Crippen LogP contribution is -2.29. The summed E-state index contributed by atoms with van der Waals surface area (Å²) in [6, 6.07) is 6.88. The molecule has 0 aromatic carbocycles. The van der Waals surface area contributed by atoms with E-state index in [9.17, 15) is 0 Å². The fraction of sp³-hybridized carbons (Fsp3) is 0.167. The van der Waals surface area contributed by atoms with Crippen molar-refractivity contribution in [3.8, 4) is 5.88 Å². The van der Waals surface area contributed by atoms with E-state index in [1.165, 1.54) is 18.3 Å². The zero-order chi connectivity index (χ0) is 12.8. The lowest BCUT2D eigenvalue weighted by molar-refractivity contribution is 0.309. The van der Waals surface area contributed by atoms with Crippen LogP contribution in [-0.4, -0.2) is 33.7 Å². The molecule has 0 fully saturated rings. The number of nitrogens with zero attached hydrogens (tertiary/aromatic N) is 2. The summed E-state index contributed by atoms with van der Waals surface area (Å²) in [6.45, 7) is 0.462. The molecule has 0 spiro atoms. The van der Waals surface area contributed by atoms with Crippen LogP contribution in [0, 0.1) is 0 Å². The second-order valence-corrected chi connectivity index (χ2v) is 3.76. The van der Waals surface area contributed by atoms with Gasteiger partial charge in [0.15, 0.2) is 0 Å². The summed E-state index contributed by atoms with van der Waals surface area (Å²) < 4.78 is 5.44. The third-order valence-electron chi connectivity index (χ3n) is 2.42. The van der Waals surface area contributed by atoms with Crippen molar-refractivity contribution in [2.24, 2.45) is 0 Å². The predicted molar refractivity (Wildman–Crippen MR) is 67.5 cm³/mol. The molecule has 0 unspecified atom stereocenters. The highest BCUT2D eigenvalue weighted by Crippen LogP contribution is 2.04.